The zero-order chi connectivity index (χ0) is 19.4. The van der Waals surface area contributed by atoms with E-state index in [0.29, 0.717) is 12.3 Å². The van der Waals surface area contributed by atoms with Crippen LogP contribution in [0, 0.1) is 13.8 Å². The molecule has 1 N–H and O–H groups in total. The molecule has 2 aromatic rings. The van der Waals surface area contributed by atoms with Gasteiger partial charge in [-0.3, -0.25) is 9.89 Å². The summed E-state index contributed by atoms with van der Waals surface area (Å²) in [4.78, 5) is 21.6. The van der Waals surface area contributed by atoms with Crippen molar-refractivity contribution in [2.24, 2.45) is 0 Å². The molecule has 3 heterocycles. The molecule has 1 atom stereocenters. The number of aromatic nitrogens is 4. The first-order valence-corrected chi connectivity index (χ1v) is 9.89. The number of aromatic amines is 1. The van der Waals surface area contributed by atoms with Crippen LogP contribution < -0.4 is 0 Å². The maximum atomic E-state index is 12.8. The van der Waals surface area contributed by atoms with Crippen molar-refractivity contribution in [1.29, 1.82) is 0 Å². The summed E-state index contributed by atoms with van der Waals surface area (Å²) >= 11 is 0. The summed E-state index contributed by atoms with van der Waals surface area (Å²) in [5.74, 6) is 1.69. The van der Waals surface area contributed by atoms with Crippen LogP contribution in [0.25, 0.3) is 0 Å². The molecule has 7 nitrogen and oxygen atoms in total. The monoisotopic (exact) mass is 372 g/mol. The SMILES string of the molecule is Cc1n[nH]c(C)c1CCC(=O)N1CCC[C@H](c2nccn2CCN(C)C)C1. The first kappa shape index (κ1) is 19.6. The molecule has 1 saturated heterocycles. The summed E-state index contributed by atoms with van der Waals surface area (Å²) in [6.45, 7) is 7.57. The van der Waals surface area contributed by atoms with Crippen LogP contribution in [0.4, 0.5) is 0 Å². The number of likely N-dealkylation sites (tertiary alicyclic amines) is 1. The Labute approximate surface area is 161 Å². The molecule has 0 unspecified atom stereocenters. The van der Waals surface area contributed by atoms with Gasteiger partial charge in [0, 0.05) is 56.6 Å². The Morgan fingerprint density at radius 1 is 1.37 bits per heavy atom. The van der Waals surface area contributed by atoms with Crippen LogP contribution in [-0.2, 0) is 17.8 Å². The fourth-order valence-corrected chi connectivity index (χ4v) is 3.92. The number of amides is 1. The number of piperidine rings is 1. The minimum atomic E-state index is 0.242. The van der Waals surface area contributed by atoms with Gasteiger partial charge in [0.15, 0.2) is 0 Å². The highest BCUT2D eigenvalue weighted by atomic mass is 16.2. The van der Waals surface area contributed by atoms with Crippen molar-refractivity contribution >= 4 is 5.91 Å². The lowest BCUT2D eigenvalue weighted by atomic mass is 9.96. The van der Waals surface area contributed by atoms with Gasteiger partial charge >= 0.3 is 0 Å². The second kappa shape index (κ2) is 8.69. The topological polar surface area (TPSA) is 70.0 Å². The molecule has 0 radical (unpaired) electrons. The van der Waals surface area contributed by atoms with E-state index >= 15 is 0 Å². The largest absolute Gasteiger partial charge is 0.342 e. The Hall–Kier alpha value is -2.15. The molecule has 0 saturated carbocycles. The second-order valence-corrected chi connectivity index (χ2v) is 7.87. The van der Waals surface area contributed by atoms with Gasteiger partial charge in [-0.25, -0.2) is 4.98 Å². The van der Waals surface area contributed by atoms with Crippen LogP contribution in [-0.4, -0.2) is 69.2 Å². The molecule has 7 heteroatoms. The predicted molar refractivity (Wildman–Crippen MR) is 106 cm³/mol. The lowest BCUT2D eigenvalue weighted by Crippen LogP contribution is -2.40. The van der Waals surface area contributed by atoms with Crippen molar-refractivity contribution in [1.82, 2.24) is 29.5 Å². The summed E-state index contributed by atoms with van der Waals surface area (Å²) in [7, 11) is 4.17. The van der Waals surface area contributed by atoms with Crippen LogP contribution in [0.5, 0.6) is 0 Å². The number of nitrogens with one attached hydrogen (secondary N) is 1. The zero-order valence-corrected chi connectivity index (χ0v) is 17.0. The van der Waals surface area contributed by atoms with Crippen LogP contribution in [0.2, 0.25) is 0 Å². The van der Waals surface area contributed by atoms with Crippen molar-refractivity contribution in [3.05, 3.63) is 35.2 Å². The van der Waals surface area contributed by atoms with Gasteiger partial charge in [0.2, 0.25) is 5.91 Å². The van der Waals surface area contributed by atoms with E-state index in [1.54, 1.807) is 0 Å². The van der Waals surface area contributed by atoms with Gasteiger partial charge in [0.1, 0.15) is 5.82 Å². The lowest BCUT2D eigenvalue weighted by Gasteiger charge is -2.33. The van der Waals surface area contributed by atoms with E-state index in [1.165, 1.54) is 5.56 Å². The molecule has 27 heavy (non-hydrogen) atoms. The quantitative estimate of drug-likeness (QED) is 0.808. The average Bonchev–Trinajstić information content (AvgIpc) is 3.25. The molecular formula is C20H32N6O. The molecule has 1 aliphatic heterocycles. The fraction of sp³-hybridized carbons (Fsp3) is 0.650. The van der Waals surface area contributed by atoms with Crippen molar-refractivity contribution < 1.29 is 4.79 Å². The van der Waals surface area contributed by atoms with E-state index in [-0.39, 0.29) is 5.91 Å². The number of likely N-dealkylation sites (N-methyl/N-ethyl adjacent to an activating group) is 1. The van der Waals surface area contributed by atoms with Gasteiger partial charge in [0.25, 0.3) is 0 Å². The molecule has 0 aromatic carbocycles. The van der Waals surface area contributed by atoms with Crippen LogP contribution in [0.3, 0.4) is 0 Å². The fourth-order valence-electron chi connectivity index (χ4n) is 3.92. The molecule has 2 aromatic heterocycles. The van der Waals surface area contributed by atoms with Crippen LogP contribution in [0.1, 0.15) is 48.0 Å². The minimum Gasteiger partial charge on any atom is -0.342 e. The predicted octanol–water partition coefficient (Wildman–Crippen LogP) is 2.12. The van der Waals surface area contributed by atoms with Crippen molar-refractivity contribution in [2.75, 3.05) is 33.7 Å². The number of hydrogen-bond acceptors (Lipinski definition) is 4. The van der Waals surface area contributed by atoms with Gasteiger partial charge in [-0.2, -0.15) is 5.10 Å². The molecule has 148 valence electrons. The number of carbonyl (C=O) groups is 1. The molecule has 1 aliphatic rings. The number of hydrogen-bond donors (Lipinski definition) is 1. The number of aryl methyl sites for hydroxylation is 2. The second-order valence-electron chi connectivity index (χ2n) is 7.87. The third kappa shape index (κ3) is 4.77. The first-order valence-electron chi connectivity index (χ1n) is 9.89. The van der Waals surface area contributed by atoms with Crippen molar-refractivity contribution in [2.45, 2.75) is 52.0 Å². The smallest absolute Gasteiger partial charge is 0.222 e. The summed E-state index contributed by atoms with van der Waals surface area (Å²) in [6, 6.07) is 0. The zero-order valence-electron chi connectivity index (χ0n) is 17.0. The van der Waals surface area contributed by atoms with Gasteiger partial charge in [-0.15, -0.1) is 0 Å². The molecule has 0 spiro atoms. The summed E-state index contributed by atoms with van der Waals surface area (Å²) in [6.07, 6.45) is 7.39. The maximum Gasteiger partial charge on any atom is 0.222 e. The molecule has 1 amide bonds. The maximum absolute atomic E-state index is 12.8. The normalized spacial score (nSPS) is 17.7. The number of imidazole rings is 1. The van der Waals surface area contributed by atoms with Gasteiger partial charge < -0.3 is 14.4 Å². The van der Waals surface area contributed by atoms with Crippen LogP contribution >= 0.6 is 0 Å². The Balaban J connectivity index is 1.59. The van der Waals surface area contributed by atoms with Crippen molar-refractivity contribution in [3.8, 4) is 0 Å². The molecule has 0 aliphatic carbocycles. The standard InChI is InChI=1S/C20H32N6O/c1-15-18(16(2)23-22-15)7-8-19(27)26-10-5-6-17(14-26)20-21-9-11-25(20)13-12-24(3)4/h9,11,17H,5-8,10,12-14H2,1-4H3,(H,22,23)/t17-/m0/s1. The summed E-state index contributed by atoms with van der Waals surface area (Å²) < 4.78 is 2.25. The summed E-state index contributed by atoms with van der Waals surface area (Å²) in [5.41, 5.74) is 3.25. The average molecular weight is 373 g/mol. The van der Waals surface area contributed by atoms with E-state index in [0.717, 1.165) is 62.7 Å². The molecular weight excluding hydrogens is 340 g/mol. The minimum absolute atomic E-state index is 0.242. The molecule has 1 fully saturated rings. The lowest BCUT2D eigenvalue weighted by molar-refractivity contribution is -0.132. The molecule has 3 rings (SSSR count). The summed E-state index contributed by atoms with van der Waals surface area (Å²) in [5, 5.41) is 7.23. The first-order chi connectivity index (χ1) is 13.0. The van der Waals surface area contributed by atoms with Crippen LogP contribution in [0.15, 0.2) is 12.4 Å². The third-order valence-electron chi connectivity index (χ3n) is 5.54. The van der Waals surface area contributed by atoms with E-state index in [9.17, 15) is 4.79 Å². The number of H-pyrrole nitrogens is 1. The molecule has 0 bridgehead atoms. The Morgan fingerprint density at radius 2 is 2.19 bits per heavy atom. The van der Waals surface area contributed by atoms with E-state index in [1.807, 2.05) is 24.9 Å². The van der Waals surface area contributed by atoms with Gasteiger partial charge in [-0.05, 0) is 52.8 Å². The van der Waals surface area contributed by atoms with E-state index in [4.69, 9.17) is 0 Å². The Bertz CT molecular complexity index is 743. The number of nitrogens with zero attached hydrogens (tertiary/aromatic N) is 5. The third-order valence-corrected chi connectivity index (χ3v) is 5.54. The number of carbonyl (C=O) groups excluding carboxylic acids is 1. The Morgan fingerprint density at radius 3 is 2.89 bits per heavy atom. The van der Waals surface area contributed by atoms with E-state index < -0.39 is 0 Å². The Kier molecular flexibility index (Phi) is 6.31. The van der Waals surface area contributed by atoms with Crippen molar-refractivity contribution in [3.63, 3.8) is 0 Å². The highest BCUT2D eigenvalue weighted by Gasteiger charge is 2.27. The highest BCUT2D eigenvalue weighted by molar-refractivity contribution is 5.76. The van der Waals surface area contributed by atoms with E-state index in [2.05, 4.69) is 44.9 Å². The van der Waals surface area contributed by atoms with Gasteiger partial charge in [-0.1, -0.05) is 0 Å². The highest BCUT2D eigenvalue weighted by Crippen LogP contribution is 2.26. The van der Waals surface area contributed by atoms with Gasteiger partial charge in [0.05, 0.1) is 5.69 Å². The number of rotatable bonds is 7.